The Bertz CT molecular complexity index is 754. The maximum Gasteiger partial charge on any atom is 0.306 e. The van der Waals surface area contributed by atoms with E-state index in [0.717, 1.165) is 44.9 Å². The molecule has 0 saturated carbocycles. The van der Waals surface area contributed by atoms with Gasteiger partial charge in [-0.05, 0) is 19.8 Å². The van der Waals surface area contributed by atoms with Gasteiger partial charge in [0.2, 0.25) is 0 Å². The topological polar surface area (TPSA) is 185 Å². The molecule has 246 valence electrons. The minimum absolute atomic E-state index is 0.143. The van der Waals surface area contributed by atoms with Crippen LogP contribution in [0.4, 0.5) is 0 Å². The third kappa shape index (κ3) is 10.6. The number of hydrogen-bond acceptors (Lipinski definition) is 12. The lowest BCUT2D eigenvalue weighted by Gasteiger charge is -2.46. The Morgan fingerprint density at radius 3 is 1.64 bits per heavy atom. The quantitative estimate of drug-likeness (QED) is 0.249. The first-order chi connectivity index (χ1) is 20.3. The van der Waals surface area contributed by atoms with Crippen LogP contribution in [-0.2, 0) is 28.5 Å². The van der Waals surface area contributed by atoms with E-state index >= 15 is 0 Å². The van der Waals surface area contributed by atoms with Gasteiger partial charge < -0.3 is 54.3 Å². The number of carbonyl (C=O) groups excluding carboxylic acids is 1. The molecule has 4 saturated heterocycles. The van der Waals surface area contributed by atoms with Crippen molar-refractivity contribution in [3.63, 3.8) is 0 Å². The average Bonchev–Trinajstić information content (AvgIpc) is 2.97. The molecule has 0 amide bonds. The molecule has 42 heavy (non-hydrogen) atoms. The van der Waals surface area contributed by atoms with Crippen LogP contribution in [0, 0.1) is 0 Å². The molecule has 11 atom stereocenters. The van der Waals surface area contributed by atoms with Crippen LogP contribution in [0.2, 0.25) is 0 Å². The van der Waals surface area contributed by atoms with Crippen molar-refractivity contribution < 1.29 is 59.1 Å². The summed E-state index contributed by atoms with van der Waals surface area (Å²) in [5.74, 6) is -0.564. The number of ether oxygens (including phenoxy) is 5. The van der Waals surface area contributed by atoms with Crippen molar-refractivity contribution in [2.24, 2.45) is 0 Å². The third-order valence-electron chi connectivity index (χ3n) is 8.56. The zero-order chi connectivity index (χ0) is 30.5. The molecule has 0 spiro atoms. The molecule has 0 aromatic carbocycles. The van der Waals surface area contributed by atoms with E-state index < -0.39 is 80.6 Å². The van der Waals surface area contributed by atoms with Gasteiger partial charge in [0.15, 0.2) is 18.7 Å². The molecule has 4 heterocycles. The van der Waals surface area contributed by atoms with Crippen molar-refractivity contribution in [1.82, 2.24) is 0 Å². The summed E-state index contributed by atoms with van der Waals surface area (Å²) in [4.78, 5) is 12.5. The van der Waals surface area contributed by atoms with Crippen molar-refractivity contribution in [3.05, 3.63) is 0 Å². The summed E-state index contributed by atoms with van der Waals surface area (Å²) in [5.41, 5.74) is 0. The van der Waals surface area contributed by atoms with Gasteiger partial charge in [-0.1, -0.05) is 77.0 Å². The predicted molar refractivity (Wildman–Crippen MR) is 150 cm³/mol. The number of aliphatic hydroxyl groups excluding tert-OH is 6. The van der Waals surface area contributed by atoms with Crippen molar-refractivity contribution in [3.8, 4) is 0 Å². The van der Waals surface area contributed by atoms with Crippen LogP contribution < -0.4 is 0 Å². The molecule has 6 N–H and O–H groups in total. The second kappa shape index (κ2) is 18.8. The lowest BCUT2D eigenvalue weighted by atomic mass is 9.97. The van der Waals surface area contributed by atoms with Crippen LogP contribution >= 0.6 is 0 Å². The summed E-state index contributed by atoms with van der Waals surface area (Å²) in [5, 5.41) is 62.7. The van der Waals surface area contributed by atoms with Crippen LogP contribution in [-0.4, -0.2) is 117 Å². The van der Waals surface area contributed by atoms with Gasteiger partial charge in [0.05, 0.1) is 19.3 Å². The number of esters is 1. The fourth-order valence-corrected chi connectivity index (χ4v) is 5.93. The molecule has 0 radical (unpaired) electrons. The maximum atomic E-state index is 12.5. The van der Waals surface area contributed by atoms with Gasteiger partial charge in [0, 0.05) is 6.42 Å². The highest BCUT2D eigenvalue weighted by Gasteiger charge is 2.52. The monoisotopic (exact) mass is 606 g/mol. The van der Waals surface area contributed by atoms with Crippen LogP contribution in [0.3, 0.4) is 0 Å². The third-order valence-corrected chi connectivity index (χ3v) is 8.56. The molecule has 4 aliphatic rings. The lowest BCUT2D eigenvalue weighted by molar-refractivity contribution is -0.371. The van der Waals surface area contributed by atoms with Crippen molar-refractivity contribution >= 4 is 5.97 Å². The first-order valence-corrected chi connectivity index (χ1v) is 16.0. The number of hydrogen-bond donors (Lipinski definition) is 6. The summed E-state index contributed by atoms with van der Waals surface area (Å²) < 4.78 is 28.7. The smallest absolute Gasteiger partial charge is 0.306 e. The highest BCUT2D eigenvalue weighted by atomic mass is 16.8. The summed E-state index contributed by atoms with van der Waals surface area (Å²) in [6, 6.07) is 0. The van der Waals surface area contributed by atoms with E-state index in [4.69, 9.17) is 23.7 Å². The molecule has 12 nitrogen and oxygen atoms in total. The molecule has 2 bridgehead atoms. The van der Waals surface area contributed by atoms with Crippen LogP contribution in [0.15, 0.2) is 0 Å². The van der Waals surface area contributed by atoms with Gasteiger partial charge in [-0.25, -0.2) is 0 Å². The molecule has 4 rings (SSSR count). The second-order valence-corrected chi connectivity index (χ2v) is 12.1. The molecular weight excluding hydrogens is 552 g/mol. The number of carbonyl (C=O) groups is 1. The van der Waals surface area contributed by atoms with E-state index in [-0.39, 0.29) is 12.5 Å². The second-order valence-electron chi connectivity index (χ2n) is 12.1. The number of aliphatic hydroxyl groups is 6. The fraction of sp³-hybridized carbons (Fsp3) is 0.967. The summed E-state index contributed by atoms with van der Waals surface area (Å²) in [6.07, 6.45) is 0.356. The molecule has 4 fully saturated rings. The molecule has 4 aliphatic heterocycles. The van der Waals surface area contributed by atoms with Crippen LogP contribution in [0.25, 0.3) is 0 Å². The van der Waals surface area contributed by atoms with E-state index in [2.05, 4.69) is 0 Å². The Morgan fingerprint density at radius 1 is 0.571 bits per heavy atom. The Balaban J connectivity index is 1.70. The van der Waals surface area contributed by atoms with E-state index in [1.807, 2.05) is 6.92 Å². The minimum atomic E-state index is -1.72. The molecule has 0 aromatic rings. The van der Waals surface area contributed by atoms with Crippen molar-refractivity contribution in [1.29, 1.82) is 0 Å². The number of fused-ring (bicyclic) bond motifs is 20. The maximum absolute atomic E-state index is 12.5. The molecule has 11 unspecified atom stereocenters. The molecule has 0 aromatic heterocycles. The summed E-state index contributed by atoms with van der Waals surface area (Å²) in [7, 11) is 0. The molecular formula is C30H54O12. The first-order valence-electron chi connectivity index (χ1n) is 16.0. The van der Waals surface area contributed by atoms with E-state index in [0.29, 0.717) is 6.42 Å². The Morgan fingerprint density at radius 2 is 1.07 bits per heavy atom. The standard InChI is InChI=1S/C30H54O12/c1-19-15-13-11-9-7-5-3-2-4-6-8-10-12-14-16-22(33)41-27-21(18-32)40-29(26(37)25(27)36)42-28-24(35)23(34)20(17-31)39-30(28)38-19/h19-21,23-32,34-37H,2-18H2,1H3. The van der Waals surface area contributed by atoms with E-state index in [9.17, 15) is 35.4 Å². The Kier molecular flexibility index (Phi) is 15.9. The molecule has 12 heteroatoms. The average molecular weight is 607 g/mol. The SMILES string of the molecule is CC1CCCCCCCCCCCCCCCC(=O)OC2C(CO)OC(OC3C(O1)OC(CO)C(O)C3O)C(O)C2O. The van der Waals surface area contributed by atoms with E-state index in [1.54, 1.807) is 0 Å². The zero-order valence-electron chi connectivity index (χ0n) is 25.0. The molecule has 0 aliphatic carbocycles. The van der Waals surface area contributed by atoms with Crippen LogP contribution in [0.5, 0.6) is 0 Å². The number of rotatable bonds is 2. The van der Waals surface area contributed by atoms with Gasteiger partial charge in [0.1, 0.15) is 42.7 Å². The van der Waals surface area contributed by atoms with Gasteiger partial charge in [-0.3, -0.25) is 4.79 Å². The van der Waals surface area contributed by atoms with E-state index in [1.165, 1.54) is 38.5 Å². The minimum Gasteiger partial charge on any atom is -0.457 e. The first kappa shape index (κ1) is 35.5. The van der Waals surface area contributed by atoms with Gasteiger partial charge in [-0.15, -0.1) is 0 Å². The van der Waals surface area contributed by atoms with Crippen LogP contribution in [0.1, 0.15) is 103 Å². The Hall–Kier alpha value is -0.930. The highest BCUT2D eigenvalue weighted by Crippen LogP contribution is 2.31. The van der Waals surface area contributed by atoms with Gasteiger partial charge >= 0.3 is 5.97 Å². The largest absolute Gasteiger partial charge is 0.457 e. The van der Waals surface area contributed by atoms with Gasteiger partial charge in [0.25, 0.3) is 0 Å². The van der Waals surface area contributed by atoms with Crippen molar-refractivity contribution in [2.45, 2.75) is 171 Å². The highest BCUT2D eigenvalue weighted by molar-refractivity contribution is 5.69. The van der Waals surface area contributed by atoms with Crippen molar-refractivity contribution in [2.75, 3.05) is 13.2 Å². The van der Waals surface area contributed by atoms with Gasteiger partial charge in [-0.2, -0.15) is 0 Å². The zero-order valence-corrected chi connectivity index (χ0v) is 25.0. The fourth-order valence-electron chi connectivity index (χ4n) is 5.93. The predicted octanol–water partition coefficient (Wildman–Crippen LogP) is 1.43. The summed E-state index contributed by atoms with van der Waals surface area (Å²) in [6.45, 7) is 0.647. The Labute approximate surface area is 249 Å². The lowest BCUT2D eigenvalue weighted by Crippen LogP contribution is -2.65. The normalized spacial score (nSPS) is 41.5. The summed E-state index contributed by atoms with van der Waals surface area (Å²) >= 11 is 0.